The lowest BCUT2D eigenvalue weighted by Gasteiger charge is -2.19. The molecule has 1 N–H and O–H groups in total. The minimum absolute atomic E-state index is 0.247. The minimum Gasteiger partial charge on any atom is -0.480 e. The number of nitrogens with one attached hydrogen (secondary N) is 1. The summed E-state index contributed by atoms with van der Waals surface area (Å²) in [6.07, 6.45) is -0.685. The lowest BCUT2D eigenvalue weighted by molar-refractivity contribution is -0.127. The number of ether oxygens (including phenoxy) is 1. The van der Waals surface area contributed by atoms with E-state index >= 15 is 0 Å². The van der Waals surface area contributed by atoms with Gasteiger partial charge in [-0.2, -0.15) is 0 Å². The van der Waals surface area contributed by atoms with Gasteiger partial charge < -0.3 is 10.1 Å². The normalized spacial score (nSPS) is 13.3. The van der Waals surface area contributed by atoms with Crippen LogP contribution in [0.5, 0.6) is 5.75 Å². The van der Waals surface area contributed by atoms with Crippen LogP contribution in [0.25, 0.3) is 0 Å². The van der Waals surface area contributed by atoms with Gasteiger partial charge in [-0.15, -0.1) is 0 Å². The maximum absolute atomic E-state index is 12.9. The highest BCUT2D eigenvalue weighted by Gasteiger charge is 2.18. The Labute approximate surface area is 147 Å². The first-order chi connectivity index (χ1) is 10.9. The predicted molar refractivity (Wildman–Crippen MR) is 92.2 cm³/mol. The van der Waals surface area contributed by atoms with Gasteiger partial charge in [0.1, 0.15) is 11.6 Å². The quantitative estimate of drug-likeness (QED) is 0.776. The molecule has 0 aromatic heterocycles. The van der Waals surface area contributed by atoms with Crippen molar-refractivity contribution >= 4 is 33.4 Å². The monoisotopic (exact) mass is 399 g/mol. The molecule has 0 aliphatic rings. The van der Waals surface area contributed by atoms with E-state index in [1.165, 1.54) is 12.1 Å². The average Bonchev–Trinajstić information content (AvgIpc) is 2.50. The van der Waals surface area contributed by atoms with Gasteiger partial charge in [-0.25, -0.2) is 4.39 Å². The largest absolute Gasteiger partial charge is 0.480 e. The van der Waals surface area contributed by atoms with Crippen LogP contribution in [0.1, 0.15) is 25.5 Å². The fourth-order valence-electron chi connectivity index (χ4n) is 1.98. The third kappa shape index (κ3) is 4.94. The summed E-state index contributed by atoms with van der Waals surface area (Å²) in [5.41, 5.74) is 0.819. The minimum atomic E-state index is -0.685. The van der Waals surface area contributed by atoms with E-state index in [-0.39, 0.29) is 17.8 Å². The molecule has 0 aliphatic carbocycles. The van der Waals surface area contributed by atoms with Crippen molar-refractivity contribution in [3.63, 3.8) is 0 Å². The fourth-order valence-corrected chi connectivity index (χ4v) is 2.76. The summed E-state index contributed by atoms with van der Waals surface area (Å²) >= 11 is 9.21. The van der Waals surface area contributed by atoms with Crippen molar-refractivity contribution < 1.29 is 13.9 Å². The second kappa shape index (κ2) is 7.79. The SMILES string of the molecule is C[C@H](Oc1ccc(Cl)cc1Br)C(=O)N[C@@H](C)c1ccc(F)cc1. The molecule has 2 aromatic carbocycles. The number of hydrogen-bond acceptors (Lipinski definition) is 2. The summed E-state index contributed by atoms with van der Waals surface area (Å²) in [6, 6.07) is 10.8. The summed E-state index contributed by atoms with van der Waals surface area (Å²) in [6.45, 7) is 3.49. The van der Waals surface area contributed by atoms with E-state index in [9.17, 15) is 9.18 Å². The lowest BCUT2D eigenvalue weighted by atomic mass is 10.1. The molecule has 0 heterocycles. The molecule has 0 unspecified atom stereocenters. The first-order valence-corrected chi connectivity index (χ1v) is 8.21. The van der Waals surface area contributed by atoms with Gasteiger partial charge in [0.25, 0.3) is 5.91 Å². The molecule has 0 saturated carbocycles. The Bertz CT molecular complexity index is 693. The van der Waals surface area contributed by atoms with Crippen LogP contribution < -0.4 is 10.1 Å². The van der Waals surface area contributed by atoms with Gasteiger partial charge in [-0.05, 0) is 65.7 Å². The highest BCUT2D eigenvalue weighted by Crippen LogP contribution is 2.28. The van der Waals surface area contributed by atoms with E-state index in [2.05, 4.69) is 21.2 Å². The summed E-state index contributed by atoms with van der Waals surface area (Å²) < 4.78 is 19.2. The number of halogens is 3. The Morgan fingerprint density at radius 3 is 2.48 bits per heavy atom. The Hall–Kier alpha value is -1.59. The standard InChI is InChI=1S/C17H16BrClFNO2/c1-10(12-3-6-14(20)7-4-12)21-17(22)11(2)23-16-8-5-13(19)9-15(16)18/h3-11H,1-2H3,(H,21,22)/t10-,11-/m0/s1. The third-order valence-electron chi connectivity index (χ3n) is 3.30. The molecule has 0 radical (unpaired) electrons. The van der Waals surface area contributed by atoms with Crippen LogP contribution in [0.3, 0.4) is 0 Å². The molecule has 1 amide bonds. The fraction of sp³-hybridized carbons (Fsp3) is 0.235. The smallest absolute Gasteiger partial charge is 0.261 e. The van der Waals surface area contributed by atoms with Crippen molar-refractivity contribution in [3.05, 3.63) is 63.3 Å². The predicted octanol–water partition coefficient (Wildman–Crippen LogP) is 4.89. The Balaban J connectivity index is 1.98. The van der Waals surface area contributed by atoms with E-state index in [1.54, 1.807) is 37.3 Å². The van der Waals surface area contributed by atoms with E-state index in [0.717, 1.165) is 5.56 Å². The van der Waals surface area contributed by atoms with Crippen molar-refractivity contribution in [2.24, 2.45) is 0 Å². The molecule has 122 valence electrons. The van der Waals surface area contributed by atoms with Gasteiger partial charge in [0.2, 0.25) is 0 Å². The van der Waals surface area contributed by atoms with Gasteiger partial charge in [0.15, 0.2) is 6.10 Å². The zero-order valence-electron chi connectivity index (χ0n) is 12.6. The van der Waals surface area contributed by atoms with Gasteiger partial charge in [-0.3, -0.25) is 4.79 Å². The van der Waals surface area contributed by atoms with Gasteiger partial charge in [-0.1, -0.05) is 23.7 Å². The van der Waals surface area contributed by atoms with E-state index < -0.39 is 6.10 Å². The summed E-state index contributed by atoms with van der Waals surface area (Å²) in [5, 5.41) is 3.41. The first-order valence-electron chi connectivity index (χ1n) is 7.04. The van der Waals surface area contributed by atoms with Gasteiger partial charge >= 0.3 is 0 Å². The molecule has 0 fully saturated rings. The molecule has 2 rings (SSSR count). The third-order valence-corrected chi connectivity index (χ3v) is 4.15. The molecular weight excluding hydrogens is 385 g/mol. The summed E-state index contributed by atoms with van der Waals surface area (Å²) in [7, 11) is 0. The highest BCUT2D eigenvalue weighted by atomic mass is 79.9. The molecule has 2 atom stereocenters. The second-order valence-electron chi connectivity index (χ2n) is 5.12. The van der Waals surface area contributed by atoms with Crippen molar-refractivity contribution in [2.75, 3.05) is 0 Å². The number of rotatable bonds is 5. The maximum Gasteiger partial charge on any atom is 0.261 e. The van der Waals surface area contributed by atoms with Crippen molar-refractivity contribution in [1.82, 2.24) is 5.32 Å². The number of amides is 1. The van der Waals surface area contributed by atoms with Gasteiger partial charge in [0, 0.05) is 5.02 Å². The van der Waals surface area contributed by atoms with Crippen molar-refractivity contribution in [3.8, 4) is 5.75 Å². The Morgan fingerprint density at radius 2 is 1.87 bits per heavy atom. The number of carbonyl (C=O) groups is 1. The van der Waals surface area contributed by atoms with E-state index in [1.807, 2.05) is 6.92 Å². The molecule has 0 spiro atoms. The topological polar surface area (TPSA) is 38.3 Å². The van der Waals surface area contributed by atoms with Gasteiger partial charge in [0.05, 0.1) is 10.5 Å². The van der Waals surface area contributed by atoms with Crippen LogP contribution in [-0.2, 0) is 4.79 Å². The van der Waals surface area contributed by atoms with Crippen molar-refractivity contribution in [2.45, 2.75) is 26.0 Å². The molecule has 0 bridgehead atoms. The zero-order chi connectivity index (χ0) is 17.0. The summed E-state index contributed by atoms with van der Waals surface area (Å²) in [4.78, 5) is 12.2. The van der Waals surface area contributed by atoms with E-state index in [0.29, 0.717) is 15.2 Å². The van der Waals surface area contributed by atoms with Crippen LogP contribution in [0.15, 0.2) is 46.9 Å². The van der Waals surface area contributed by atoms with Crippen LogP contribution in [0.2, 0.25) is 5.02 Å². The molecule has 3 nitrogen and oxygen atoms in total. The molecule has 0 aliphatic heterocycles. The average molecular weight is 401 g/mol. The Kier molecular flexibility index (Phi) is 6.02. The first kappa shape index (κ1) is 17.8. The molecule has 6 heteroatoms. The highest BCUT2D eigenvalue weighted by molar-refractivity contribution is 9.10. The molecule has 0 saturated heterocycles. The zero-order valence-corrected chi connectivity index (χ0v) is 15.0. The van der Waals surface area contributed by atoms with Crippen molar-refractivity contribution in [1.29, 1.82) is 0 Å². The number of hydrogen-bond donors (Lipinski definition) is 1. The van der Waals surface area contributed by atoms with Crippen LogP contribution in [0.4, 0.5) is 4.39 Å². The summed E-state index contributed by atoms with van der Waals surface area (Å²) in [5.74, 6) is -0.0354. The lowest BCUT2D eigenvalue weighted by Crippen LogP contribution is -2.37. The van der Waals surface area contributed by atoms with Crippen LogP contribution in [0, 0.1) is 5.82 Å². The van der Waals surface area contributed by atoms with E-state index in [4.69, 9.17) is 16.3 Å². The molecule has 2 aromatic rings. The Morgan fingerprint density at radius 1 is 1.22 bits per heavy atom. The number of benzene rings is 2. The molecule has 23 heavy (non-hydrogen) atoms. The number of carbonyl (C=O) groups excluding carboxylic acids is 1. The second-order valence-corrected chi connectivity index (χ2v) is 6.41. The maximum atomic E-state index is 12.9. The van der Waals surface area contributed by atoms with Crippen LogP contribution >= 0.6 is 27.5 Å². The van der Waals surface area contributed by atoms with Crippen LogP contribution in [-0.4, -0.2) is 12.0 Å². The molecular formula is C17H16BrClFNO2.